The number of nitrogens with one attached hydrogen (secondary N) is 1. The maximum Gasteiger partial charge on any atom is 0.325 e. The van der Waals surface area contributed by atoms with Crippen LogP contribution in [-0.2, 0) is 20.2 Å². The van der Waals surface area contributed by atoms with Crippen molar-refractivity contribution in [3.05, 3.63) is 33.8 Å². The van der Waals surface area contributed by atoms with Gasteiger partial charge in [0, 0.05) is 33.8 Å². The Hall–Kier alpha value is -1.31. The van der Waals surface area contributed by atoms with Crippen molar-refractivity contribution in [3.63, 3.8) is 0 Å². The minimum Gasteiger partial charge on any atom is -0.319 e. The average Bonchev–Trinajstić information content (AvgIpc) is 2.67. The SMILES string of the molecule is C[C@@]1(c2ccc(Cl)cc2Cl)NC(=O)N(CC2(CS(C)(=O)=O)CCC2)C1=O. The van der Waals surface area contributed by atoms with E-state index < -0.39 is 32.7 Å². The molecule has 1 aliphatic carbocycles. The molecule has 1 atom stereocenters. The van der Waals surface area contributed by atoms with Gasteiger partial charge in [-0.1, -0.05) is 35.7 Å². The summed E-state index contributed by atoms with van der Waals surface area (Å²) in [4.78, 5) is 26.7. The molecule has 0 bridgehead atoms. The van der Waals surface area contributed by atoms with Crippen LogP contribution in [0.15, 0.2) is 18.2 Å². The van der Waals surface area contributed by atoms with E-state index in [2.05, 4.69) is 5.32 Å². The summed E-state index contributed by atoms with van der Waals surface area (Å²) in [5.41, 5.74) is -1.42. The molecule has 6 nitrogen and oxygen atoms in total. The molecule has 1 aliphatic heterocycles. The molecule has 26 heavy (non-hydrogen) atoms. The largest absolute Gasteiger partial charge is 0.325 e. The molecule has 1 N–H and O–H groups in total. The number of carbonyl (C=O) groups excluding carboxylic acids is 2. The number of rotatable bonds is 5. The molecule has 0 unspecified atom stereocenters. The van der Waals surface area contributed by atoms with Crippen molar-refractivity contribution in [2.75, 3.05) is 18.6 Å². The maximum atomic E-state index is 13.1. The summed E-state index contributed by atoms with van der Waals surface area (Å²) in [5.74, 6) is -0.471. The number of hydrogen-bond acceptors (Lipinski definition) is 4. The lowest BCUT2D eigenvalue weighted by Crippen LogP contribution is -2.49. The Balaban J connectivity index is 1.89. The molecule has 1 saturated carbocycles. The third-order valence-electron chi connectivity index (χ3n) is 5.22. The Labute approximate surface area is 162 Å². The summed E-state index contributed by atoms with van der Waals surface area (Å²) in [6.07, 6.45) is 3.42. The summed E-state index contributed by atoms with van der Waals surface area (Å²) in [6.45, 7) is 1.68. The predicted octanol–water partition coefficient (Wildman–Crippen LogP) is 2.98. The fraction of sp³-hybridized carbons (Fsp3) is 0.529. The maximum absolute atomic E-state index is 13.1. The van der Waals surface area contributed by atoms with E-state index in [4.69, 9.17) is 23.2 Å². The topological polar surface area (TPSA) is 83.6 Å². The molecule has 9 heteroatoms. The van der Waals surface area contributed by atoms with E-state index in [1.165, 1.54) is 12.3 Å². The summed E-state index contributed by atoms with van der Waals surface area (Å²) in [5, 5.41) is 3.41. The first-order valence-electron chi connectivity index (χ1n) is 8.23. The van der Waals surface area contributed by atoms with Crippen LogP contribution in [0.1, 0.15) is 31.7 Å². The van der Waals surface area contributed by atoms with Gasteiger partial charge in [-0.3, -0.25) is 9.69 Å². The second kappa shape index (κ2) is 6.39. The molecule has 2 aliphatic rings. The number of sulfone groups is 1. The van der Waals surface area contributed by atoms with Crippen LogP contribution in [0, 0.1) is 5.41 Å². The fourth-order valence-corrected chi connectivity index (χ4v) is 5.92. The van der Waals surface area contributed by atoms with Gasteiger partial charge in [0.25, 0.3) is 5.91 Å². The number of hydrogen-bond donors (Lipinski definition) is 1. The van der Waals surface area contributed by atoms with Gasteiger partial charge in [-0.05, 0) is 31.9 Å². The highest BCUT2D eigenvalue weighted by molar-refractivity contribution is 7.90. The van der Waals surface area contributed by atoms with Crippen LogP contribution >= 0.6 is 23.2 Å². The summed E-state index contributed by atoms with van der Waals surface area (Å²) < 4.78 is 23.5. The predicted molar refractivity (Wildman–Crippen MR) is 100 cm³/mol. The van der Waals surface area contributed by atoms with Crippen LogP contribution < -0.4 is 5.32 Å². The number of imide groups is 1. The molecule has 1 aromatic carbocycles. The van der Waals surface area contributed by atoms with E-state index >= 15 is 0 Å². The third-order valence-corrected chi connectivity index (χ3v) is 6.91. The lowest BCUT2D eigenvalue weighted by atomic mass is 9.70. The van der Waals surface area contributed by atoms with Gasteiger partial charge in [-0.25, -0.2) is 13.2 Å². The number of nitrogens with zero attached hydrogens (tertiary/aromatic N) is 1. The Morgan fingerprint density at radius 1 is 1.23 bits per heavy atom. The van der Waals surface area contributed by atoms with E-state index in [-0.39, 0.29) is 17.3 Å². The van der Waals surface area contributed by atoms with Crippen molar-refractivity contribution < 1.29 is 18.0 Å². The van der Waals surface area contributed by atoms with Crippen molar-refractivity contribution in [2.24, 2.45) is 5.41 Å². The number of amides is 3. The van der Waals surface area contributed by atoms with E-state index in [0.717, 1.165) is 11.3 Å². The quantitative estimate of drug-likeness (QED) is 0.744. The number of carbonyl (C=O) groups is 2. The first-order chi connectivity index (χ1) is 12.0. The zero-order valence-corrected chi connectivity index (χ0v) is 16.8. The highest BCUT2D eigenvalue weighted by Crippen LogP contribution is 2.44. The number of halogens is 2. The van der Waals surface area contributed by atoms with E-state index in [1.807, 2.05) is 0 Å². The molecular weight excluding hydrogens is 399 g/mol. The minimum atomic E-state index is -3.22. The molecule has 3 rings (SSSR count). The van der Waals surface area contributed by atoms with Gasteiger partial charge < -0.3 is 5.32 Å². The van der Waals surface area contributed by atoms with Gasteiger partial charge >= 0.3 is 6.03 Å². The monoisotopic (exact) mass is 418 g/mol. The van der Waals surface area contributed by atoms with Crippen LogP contribution in [0.4, 0.5) is 4.79 Å². The Morgan fingerprint density at radius 2 is 1.88 bits per heavy atom. The van der Waals surface area contributed by atoms with Crippen LogP contribution in [-0.4, -0.2) is 43.8 Å². The molecule has 0 aromatic heterocycles. The molecular formula is C17H20Cl2N2O4S. The Kier molecular flexibility index (Phi) is 4.78. The van der Waals surface area contributed by atoms with Gasteiger partial charge in [0.05, 0.1) is 5.75 Å². The number of urea groups is 1. The molecule has 0 radical (unpaired) electrons. The molecule has 2 fully saturated rings. The average molecular weight is 419 g/mol. The van der Waals surface area contributed by atoms with Crippen LogP contribution in [0.25, 0.3) is 0 Å². The van der Waals surface area contributed by atoms with Gasteiger partial charge in [0.2, 0.25) is 0 Å². The van der Waals surface area contributed by atoms with Gasteiger partial charge in [-0.15, -0.1) is 0 Å². The summed E-state index contributed by atoms with van der Waals surface area (Å²) in [6, 6.07) is 4.20. The highest BCUT2D eigenvalue weighted by Gasteiger charge is 2.53. The Bertz CT molecular complexity index is 883. The van der Waals surface area contributed by atoms with E-state index in [9.17, 15) is 18.0 Å². The molecule has 1 heterocycles. The van der Waals surface area contributed by atoms with Crippen molar-refractivity contribution >= 4 is 45.0 Å². The third kappa shape index (κ3) is 3.44. The fourth-order valence-electron chi connectivity index (χ4n) is 3.83. The van der Waals surface area contributed by atoms with Crippen molar-refractivity contribution in [3.8, 4) is 0 Å². The molecule has 142 valence electrons. The molecule has 0 spiro atoms. The van der Waals surface area contributed by atoms with Crippen molar-refractivity contribution in [2.45, 2.75) is 31.7 Å². The zero-order chi connectivity index (χ0) is 19.3. The van der Waals surface area contributed by atoms with Crippen molar-refractivity contribution in [1.29, 1.82) is 0 Å². The summed E-state index contributed by atoms with van der Waals surface area (Å²) >= 11 is 12.1. The van der Waals surface area contributed by atoms with Gasteiger partial charge in [0.15, 0.2) is 0 Å². The molecule has 1 saturated heterocycles. The lowest BCUT2D eigenvalue weighted by Gasteiger charge is -2.43. The molecule has 1 aromatic rings. The second-order valence-electron chi connectivity index (χ2n) is 7.49. The minimum absolute atomic E-state index is 0.0323. The first kappa shape index (κ1) is 19.5. The van der Waals surface area contributed by atoms with E-state index in [0.29, 0.717) is 23.4 Å². The van der Waals surface area contributed by atoms with Crippen molar-refractivity contribution in [1.82, 2.24) is 10.2 Å². The highest BCUT2D eigenvalue weighted by atomic mass is 35.5. The lowest BCUT2D eigenvalue weighted by molar-refractivity contribution is -0.132. The molecule has 3 amide bonds. The summed E-state index contributed by atoms with van der Waals surface area (Å²) in [7, 11) is -3.22. The van der Waals surface area contributed by atoms with Crippen LogP contribution in [0.3, 0.4) is 0 Å². The normalized spacial score (nSPS) is 25.2. The first-order valence-corrected chi connectivity index (χ1v) is 11.0. The standard InChI is InChI=1S/C17H20Cl2N2O4S/c1-16(12-5-4-11(18)8-13(12)19)14(22)21(15(23)20-16)9-17(6-3-7-17)10-26(2,24)25/h4-5,8H,3,6-7,9-10H2,1-2H3,(H,20,23)/t16-/m0/s1. The van der Waals surface area contributed by atoms with Gasteiger partial charge in [-0.2, -0.15) is 0 Å². The van der Waals surface area contributed by atoms with Gasteiger partial charge in [0.1, 0.15) is 15.4 Å². The van der Waals surface area contributed by atoms with Crippen LogP contribution in [0.5, 0.6) is 0 Å². The number of benzene rings is 1. The Morgan fingerprint density at radius 3 is 2.38 bits per heavy atom. The smallest absolute Gasteiger partial charge is 0.319 e. The van der Waals surface area contributed by atoms with Crippen LogP contribution in [0.2, 0.25) is 10.0 Å². The zero-order valence-electron chi connectivity index (χ0n) is 14.5. The van der Waals surface area contributed by atoms with E-state index in [1.54, 1.807) is 19.1 Å². The second-order valence-corrected chi connectivity index (χ2v) is 10.5.